The lowest BCUT2D eigenvalue weighted by atomic mass is 10.1. The highest BCUT2D eigenvalue weighted by Gasteiger charge is 2.10. The van der Waals surface area contributed by atoms with E-state index in [1.165, 1.54) is 11.3 Å². The maximum atomic E-state index is 12.0. The SMILES string of the molecule is CCCC(=O)Nc1ccc(-c2csc(CC(=O)NCc3ccco3)n2)cc1. The summed E-state index contributed by atoms with van der Waals surface area (Å²) in [5, 5.41) is 8.36. The molecule has 6 nitrogen and oxygen atoms in total. The van der Waals surface area contributed by atoms with Gasteiger partial charge in [-0.25, -0.2) is 4.98 Å². The minimum absolute atomic E-state index is 0.0155. The quantitative estimate of drug-likeness (QED) is 0.616. The average molecular weight is 383 g/mol. The van der Waals surface area contributed by atoms with E-state index in [2.05, 4.69) is 15.6 Å². The van der Waals surface area contributed by atoms with Crippen LogP contribution in [0.25, 0.3) is 11.3 Å². The maximum absolute atomic E-state index is 12.0. The van der Waals surface area contributed by atoms with Crippen LogP contribution in [0, 0.1) is 0 Å². The monoisotopic (exact) mass is 383 g/mol. The van der Waals surface area contributed by atoms with Gasteiger partial charge in [0.15, 0.2) is 0 Å². The second kappa shape index (κ2) is 9.14. The number of furan rings is 1. The third-order valence-corrected chi connectivity index (χ3v) is 4.69. The number of aromatic nitrogens is 1. The second-order valence-corrected chi connectivity index (χ2v) is 6.98. The fourth-order valence-electron chi connectivity index (χ4n) is 2.50. The number of benzene rings is 1. The van der Waals surface area contributed by atoms with Gasteiger partial charge in [-0.2, -0.15) is 0 Å². The molecule has 27 heavy (non-hydrogen) atoms. The topological polar surface area (TPSA) is 84.2 Å². The Bertz CT molecular complexity index is 886. The van der Waals surface area contributed by atoms with Gasteiger partial charge in [0.2, 0.25) is 11.8 Å². The van der Waals surface area contributed by atoms with Crippen LogP contribution in [0.2, 0.25) is 0 Å². The predicted octanol–water partition coefficient (Wildman–Crippen LogP) is 4.00. The van der Waals surface area contributed by atoms with Crippen LogP contribution in [0.1, 0.15) is 30.5 Å². The van der Waals surface area contributed by atoms with Crippen LogP contribution >= 0.6 is 11.3 Å². The molecule has 0 bridgehead atoms. The summed E-state index contributed by atoms with van der Waals surface area (Å²) >= 11 is 1.45. The molecule has 0 aliphatic rings. The molecular weight excluding hydrogens is 362 g/mol. The summed E-state index contributed by atoms with van der Waals surface area (Å²) in [5.41, 5.74) is 2.53. The zero-order chi connectivity index (χ0) is 19.1. The van der Waals surface area contributed by atoms with E-state index in [-0.39, 0.29) is 18.2 Å². The lowest BCUT2D eigenvalue weighted by molar-refractivity contribution is -0.120. The van der Waals surface area contributed by atoms with Gasteiger partial charge in [0.1, 0.15) is 10.8 Å². The van der Waals surface area contributed by atoms with Gasteiger partial charge >= 0.3 is 0 Å². The van der Waals surface area contributed by atoms with E-state index >= 15 is 0 Å². The summed E-state index contributed by atoms with van der Waals surface area (Å²) in [6.45, 7) is 2.34. The Balaban J connectivity index is 1.55. The third kappa shape index (κ3) is 5.52. The van der Waals surface area contributed by atoms with E-state index in [9.17, 15) is 9.59 Å². The second-order valence-electron chi connectivity index (χ2n) is 6.03. The number of hydrogen-bond acceptors (Lipinski definition) is 5. The molecule has 7 heteroatoms. The molecule has 0 aliphatic carbocycles. The first-order valence-corrected chi connectivity index (χ1v) is 9.66. The maximum Gasteiger partial charge on any atom is 0.227 e. The fourth-order valence-corrected chi connectivity index (χ4v) is 3.30. The standard InChI is InChI=1S/C20H21N3O3S/c1-2-4-18(24)22-15-8-6-14(7-9-15)17-13-27-20(23-17)11-19(25)21-12-16-5-3-10-26-16/h3,5-10,13H,2,4,11-12H2,1H3,(H,21,25)(H,22,24). The number of rotatable bonds is 8. The predicted molar refractivity (Wildman–Crippen MR) is 105 cm³/mol. The Kier molecular flexibility index (Phi) is 6.38. The van der Waals surface area contributed by atoms with Crippen molar-refractivity contribution in [3.63, 3.8) is 0 Å². The van der Waals surface area contributed by atoms with Gasteiger partial charge in [0.25, 0.3) is 0 Å². The summed E-state index contributed by atoms with van der Waals surface area (Å²) < 4.78 is 5.19. The molecule has 0 radical (unpaired) electrons. The van der Waals surface area contributed by atoms with Crippen molar-refractivity contribution in [1.29, 1.82) is 0 Å². The highest BCUT2D eigenvalue weighted by Crippen LogP contribution is 2.24. The van der Waals surface area contributed by atoms with Crippen LogP contribution in [0.5, 0.6) is 0 Å². The molecule has 0 fully saturated rings. The smallest absolute Gasteiger partial charge is 0.227 e. The molecule has 3 rings (SSSR count). The Morgan fingerprint density at radius 1 is 1.15 bits per heavy atom. The molecule has 0 aliphatic heterocycles. The van der Waals surface area contributed by atoms with Crippen molar-refractivity contribution < 1.29 is 14.0 Å². The number of amides is 2. The van der Waals surface area contributed by atoms with E-state index < -0.39 is 0 Å². The van der Waals surface area contributed by atoms with E-state index in [0.717, 1.165) is 28.4 Å². The summed E-state index contributed by atoms with van der Waals surface area (Å²) in [6.07, 6.45) is 3.14. The van der Waals surface area contributed by atoms with Crippen LogP contribution in [0.15, 0.2) is 52.5 Å². The molecule has 140 valence electrons. The van der Waals surface area contributed by atoms with Crippen molar-refractivity contribution in [3.05, 3.63) is 58.8 Å². The van der Waals surface area contributed by atoms with Gasteiger partial charge in [-0.1, -0.05) is 19.1 Å². The van der Waals surface area contributed by atoms with Crippen molar-refractivity contribution >= 4 is 28.8 Å². The van der Waals surface area contributed by atoms with Crippen LogP contribution in [0.4, 0.5) is 5.69 Å². The van der Waals surface area contributed by atoms with Crippen LogP contribution in [-0.2, 0) is 22.6 Å². The molecule has 2 N–H and O–H groups in total. The largest absolute Gasteiger partial charge is 0.467 e. The molecule has 2 aromatic heterocycles. The zero-order valence-electron chi connectivity index (χ0n) is 15.0. The minimum Gasteiger partial charge on any atom is -0.467 e. The third-order valence-electron chi connectivity index (χ3n) is 3.84. The number of carbonyl (C=O) groups is 2. The average Bonchev–Trinajstić information content (AvgIpc) is 3.33. The molecule has 2 heterocycles. The van der Waals surface area contributed by atoms with Crippen LogP contribution < -0.4 is 10.6 Å². The Morgan fingerprint density at radius 2 is 1.96 bits per heavy atom. The minimum atomic E-state index is -0.0960. The number of anilines is 1. The van der Waals surface area contributed by atoms with Crippen LogP contribution in [0.3, 0.4) is 0 Å². The lowest BCUT2D eigenvalue weighted by Gasteiger charge is -2.05. The van der Waals surface area contributed by atoms with E-state index in [1.54, 1.807) is 12.3 Å². The van der Waals surface area contributed by atoms with E-state index in [4.69, 9.17) is 4.42 Å². The number of hydrogen-bond donors (Lipinski definition) is 2. The van der Waals surface area contributed by atoms with Gasteiger partial charge in [-0.15, -0.1) is 11.3 Å². The van der Waals surface area contributed by atoms with Gasteiger partial charge in [0, 0.05) is 23.1 Å². The zero-order valence-corrected chi connectivity index (χ0v) is 15.8. The molecule has 0 unspecified atom stereocenters. The summed E-state index contributed by atoms with van der Waals surface area (Å²) in [7, 11) is 0. The first kappa shape index (κ1) is 18.8. The van der Waals surface area contributed by atoms with Crippen LogP contribution in [-0.4, -0.2) is 16.8 Å². The molecular formula is C20H21N3O3S. The molecule has 2 amide bonds. The number of thiazole rings is 1. The molecule has 0 spiro atoms. The van der Waals surface area contributed by atoms with Crippen molar-refractivity contribution in [2.45, 2.75) is 32.7 Å². The molecule has 0 saturated heterocycles. The van der Waals surface area contributed by atoms with Gasteiger partial charge in [-0.3, -0.25) is 9.59 Å². The van der Waals surface area contributed by atoms with Gasteiger partial charge < -0.3 is 15.1 Å². The first-order chi connectivity index (χ1) is 13.1. The molecule has 1 aromatic carbocycles. The molecule has 0 saturated carbocycles. The first-order valence-electron chi connectivity index (χ1n) is 8.78. The normalized spacial score (nSPS) is 10.6. The summed E-state index contributed by atoms with van der Waals surface area (Å²) in [5.74, 6) is 0.636. The summed E-state index contributed by atoms with van der Waals surface area (Å²) in [6, 6.07) is 11.1. The number of carbonyl (C=O) groups excluding carboxylic acids is 2. The molecule has 0 atom stereocenters. The van der Waals surface area contributed by atoms with E-state index in [1.807, 2.05) is 42.6 Å². The Hall–Kier alpha value is -2.93. The molecule has 3 aromatic rings. The highest BCUT2D eigenvalue weighted by atomic mass is 32.1. The van der Waals surface area contributed by atoms with Gasteiger partial charge in [-0.05, 0) is 30.7 Å². The van der Waals surface area contributed by atoms with E-state index in [0.29, 0.717) is 18.7 Å². The van der Waals surface area contributed by atoms with Crippen molar-refractivity contribution in [1.82, 2.24) is 10.3 Å². The fraction of sp³-hybridized carbons (Fsp3) is 0.250. The number of nitrogens with zero attached hydrogens (tertiary/aromatic N) is 1. The van der Waals surface area contributed by atoms with Crippen molar-refractivity contribution in [3.8, 4) is 11.3 Å². The Labute approximate surface area is 161 Å². The number of nitrogens with one attached hydrogen (secondary N) is 2. The lowest BCUT2D eigenvalue weighted by Crippen LogP contribution is -2.24. The van der Waals surface area contributed by atoms with Crippen molar-refractivity contribution in [2.75, 3.05) is 5.32 Å². The highest BCUT2D eigenvalue weighted by molar-refractivity contribution is 7.10. The van der Waals surface area contributed by atoms with Gasteiger partial charge in [0.05, 0.1) is 24.9 Å². The van der Waals surface area contributed by atoms with Crippen molar-refractivity contribution in [2.24, 2.45) is 0 Å². The summed E-state index contributed by atoms with van der Waals surface area (Å²) in [4.78, 5) is 28.2. The Morgan fingerprint density at radius 3 is 2.67 bits per heavy atom.